The lowest BCUT2D eigenvalue weighted by Crippen LogP contribution is -1.96. The van der Waals surface area contributed by atoms with E-state index in [0.29, 0.717) is 0 Å². The standard InChI is InChI=1S/C11H14N2O/c1-3-4-11-12-9-7-8(14)5-6-10(9)13(11)2/h5-7,14H,3-4H2,1-2H3. The van der Waals surface area contributed by atoms with Gasteiger partial charge in [-0.05, 0) is 18.6 Å². The molecule has 0 saturated heterocycles. The summed E-state index contributed by atoms with van der Waals surface area (Å²) in [5.74, 6) is 1.35. The highest BCUT2D eigenvalue weighted by Gasteiger charge is 2.06. The second-order valence-electron chi connectivity index (χ2n) is 3.51. The number of nitrogens with zero attached hydrogens (tertiary/aromatic N) is 2. The Kier molecular flexibility index (Phi) is 2.15. The minimum atomic E-state index is 0.277. The predicted octanol–water partition coefficient (Wildman–Crippen LogP) is 2.23. The van der Waals surface area contributed by atoms with Crippen LogP contribution in [-0.2, 0) is 13.5 Å². The maximum Gasteiger partial charge on any atom is 0.117 e. The Morgan fingerprint density at radius 2 is 2.21 bits per heavy atom. The molecule has 0 aliphatic rings. The van der Waals surface area contributed by atoms with Crippen LogP contribution in [0.15, 0.2) is 18.2 Å². The highest BCUT2D eigenvalue weighted by Crippen LogP contribution is 2.20. The fraction of sp³-hybridized carbons (Fsp3) is 0.364. The van der Waals surface area contributed by atoms with Gasteiger partial charge in [0.1, 0.15) is 11.6 Å². The second kappa shape index (κ2) is 3.33. The number of rotatable bonds is 2. The highest BCUT2D eigenvalue weighted by atomic mass is 16.3. The topological polar surface area (TPSA) is 38.1 Å². The van der Waals surface area contributed by atoms with Crippen molar-refractivity contribution in [3.8, 4) is 5.75 Å². The van der Waals surface area contributed by atoms with Crippen LogP contribution in [0.5, 0.6) is 5.75 Å². The average Bonchev–Trinajstić information content (AvgIpc) is 2.44. The third-order valence-electron chi connectivity index (χ3n) is 2.43. The van der Waals surface area contributed by atoms with Crippen LogP contribution in [0.4, 0.5) is 0 Å². The molecular formula is C11H14N2O. The number of imidazole rings is 1. The molecule has 0 saturated carbocycles. The molecule has 0 spiro atoms. The highest BCUT2D eigenvalue weighted by molar-refractivity contribution is 5.77. The van der Waals surface area contributed by atoms with Gasteiger partial charge in [0, 0.05) is 19.5 Å². The summed E-state index contributed by atoms with van der Waals surface area (Å²) in [5, 5.41) is 9.31. The summed E-state index contributed by atoms with van der Waals surface area (Å²) in [6.07, 6.45) is 2.06. The van der Waals surface area contributed by atoms with Crippen molar-refractivity contribution in [3.05, 3.63) is 24.0 Å². The first-order valence-corrected chi connectivity index (χ1v) is 4.86. The molecule has 3 heteroatoms. The van der Waals surface area contributed by atoms with Crippen LogP contribution in [0, 0.1) is 0 Å². The van der Waals surface area contributed by atoms with Crippen molar-refractivity contribution in [2.45, 2.75) is 19.8 Å². The van der Waals surface area contributed by atoms with Crippen LogP contribution >= 0.6 is 0 Å². The Morgan fingerprint density at radius 1 is 1.43 bits per heavy atom. The van der Waals surface area contributed by atoms with E-state index in [-0.39, 0.29) is 5.75 Å². The zero-order valence-corrected chi connectivity index (χ0v) is 8.49. The smallest absolute Gasteiger partial charge is 0.117 e. The molecule has 2 rings (SSSR count). The lowest BCUT2D eigenvalue weighted by Gasteiger charge is -1.99. The maximum absolute atomic E-state index is 9.31. The molecule has 0 bridgehead atoms. The van der Waals surface area contributed by atoms with Crippen LogP contribution in [0.2, 0.25) is 0 Å². The Balaban J connectivity index is 2.61. The van der Waals surface area contributed by atoms with Gasteiger partial charge in [-0.2, -0.15) is 0 Å². The van der Waals surface area contributed by atoms with Crippen LogP contribution in [0.3, 0.4) is 0 Å². The number of hydrogen-bond donors (Lipinski definition) is 1. The van der Waals surface area contributed by atoms with E-state index in [1.165, 1.54) is 0 Å². The molecule has 74 valence electrons. The fourth-order valence-corrected chi connectivity index (χ4v) is 1.69. The molecule has 1 aromatic heterocycles. The van der Waals surface area contributed by atoms with Crippen LogP contribution in [0.25, 0.3) is 11.0 Å². The number of aromatic hydroxyl groups is 1. The SMILES string of the molecule is CCCc1nc2cc(O)ccc2n1C. The number of aryl methyl sites for hydroxylation is 2. The molecule has 0 fully saturated rings. The molecule has 1 N–H and O–H groups in total. The maximum atomic E-state index is 9.31. The Hall–Kier alpha value is -1.51. The van der Waals surface area contributed by atoms with Gasteiger partial charge in [-0.25, -0.2) is 4.98 Å². The number of phenolic OH excluding ortho intramolecular Hbond substituents is 1. The van der Waals surface area contributed by atoms with Crippen molar-refractivity contribution in [2.75, 3.05) is 0 Å². The molecule has 1 aromatic carbocycles. The van der Waals surface area contributed by atoms with Gasteiger partial charge in [0.15, 0.2) is 0 Å². The van der Waals surface area contributed by atoms with Crippen molar-refractivity contribution in [2.24, 2.45) is 7.05 Å². The van der Waals surface area contributed by atoms with Crippen LogP contribution < -0.4 is 0 Å². The molecule has 0 radical (unpaired) electrons. The third-order valence-corrected chi connectivity index (χ3v) is 2.43. The van der Waals surface area contributed by atoms with Gasteiger partial charge in [0.2, 0.25) is 0 Å². The van der Waals surface area contributed by atoms with E-state index in [9.17, 15) is 5.11 Å². The summed E-state index contributed by atoms with van der Waals surface area (Å²) in [6.45, 7) is 2.14. The van der Waals surface area contributed by atoms with E-state index in [1.54, 1.807) is 12.1 Å². The van der Waals surface area contributed by atoms with Gasteiger partial charge in [-0.15, -0.1) is 0 Å². The van der Waals surface area contributed by atoms with Crippen molar-refractivity contribution >= 4 is 11.0 Å². The molecule has 0 aliphatic carbocycles. The zero-order valence-electron chi connectivity index (χ0n) is 8.49. The first-order valence-electron chi connectivity index (χ1n) is 4.86. The van der Waals surface area contributed by atoms with Crippen molar-refractivity contribution in [3.63, 3.8) is 0 Å². The summed E-state index contributed by atoms with van der Waals surface area (Å²) in [4.78, 5) is 4.47. The first-order chi connectivity index (χ1) is 6.72. The summed E-state index contributed by atoms with van der Waals surface area (Å²) >= 11 is 0. The molecule has 1 heterocycles. The molecule has 0 unspecified atom stereocenters. The molecular weight excluding hydrogens is 176 g/mol. The van der Waals surface area contributed by atoms with E-state index < -0.39 is 0 Å². The van der Waals surface area contributed by atoms with Gasteiger partial charge < -0.3 is 9.67 Å². The van der Waals surface area contributed by atoms with E-state index >= 15 is 0 Å². The number of hydrogen-bond acceptors (Lipinski definition) is 2. The van der Waals surface area contributed by atoms with Crippen molar-refractivity contribution in [1.29, 1.82) is 0 Å². The van der Waals surface area contributed by atoms with Crippen LogP contribution in [-0.4, -0.2) is 14.7 Å². The van der Waals surface area contributed by atoms with Crippen molar-refractivity contribution in [1.82, 2.24) is 9.55 Å². The Bertz CT molecular complexity index is 460. The first kappa shape index (κ1) is 9.06. The monoisotopic (exact) mass is 190 g/mol. The molecule has 0 amide bonds. The fourth-order valence-electron chi connectivity index (χ4n) is 1.69. The molecule has 2 aromatic rings. The minimum Gasteiger partial charge on any atom is -0.508 e. The van der Waals surface area contributed by atoms with E-state index in [2.05, 4.69) is 16.5 Å². The second-order valence-corrected chi connectivity index (χ2v) is 3.51. The van der Waals surface area contributed by atoms with Gasteiger partial charge in [-0.1, -0.05) is 6.92 Å². The largest absolute Gasteiger partial charge is 0.508 e. The normalized spacial score (nSPS) is 11.0. The third kappa shape index (κ3) is 1.35. The zero-order chi connectivity index (χ0) is 10.1. The molecule has 3 nitrogen and oxygen atoms in total. The lowest BCUT2D eigenvalue weighted by atomic mass is 10.3. The van der Waals surface area contributed by atoms with E-state index in [4.69, 9.17) is 0 Å². The van der Waals surface area contributed by atoms with Gasteiger partial charge in [0.05, 0.1) is 11.0 Å². The van der Waals surface area contributed by atoms with Crippen LogP contribution in [0.1, 0.15) is 19.2 Å². The lowest BCUT2D eigenvalue weighted by molar-refractivity contribution is 0.476. The predicted molar refractivity (Wildman–Crippen MR) is 56.4 cm³/mol. The quantitative estimate of drug-likeness (QED) is 0.788. The summed E-state index contributed by atoms with van der Waals surface area (Å²) in [6, 6.07) is 5.30. The summed E-state index contributed by atoms with van der Waals surface area (Å²) < 4.78 is 2.08. The number of phenols is 1. The number of fused-ring (bicyclic) bond motifs is 1. The molecule has 14 heavy (non-hydrogen) atoms. The molecule has 0 atom stereocenters. The average molecular weight is 190 g/mol. The van der Waals surface area contributed by atoms with E-state index in [1.807, 2.05) is 13.1 Å². The van der Waals surface area contributed by atoms with Gasteiger partial charge in [0.25, 0.3) is 0 Å². The number of aromatic nitrogens is 2. The minimum absolute atomic E-state index is 0.277. The van der Waals surface area contributed by atoms with E-state index in [0.717, 1.165) is 29.7 Å². The Labute approximate surface area is 83.0 Å². The van der Waals surface area contributed by atoms with Gasteiger partial charge in [-0.3, -0.25) is 0 Å². The van der Waals surface area contributed by atoms with Crippen molar-refractivity contribution < 1.29 is 5.11 Å². The molecule has 0 aliphatic heterocycles. The summed E-state index contributed by atoms with van der Waals surface area (Å²) in [5.41, 5.74) is 1.95. The summed E-state index contributed by atoms with van der Waals surface area (Å²) in [7, 11) is 2.01. The Morgan fingerprint density at radius 3 is 2.93 bits per heavy atom. The number of benzene rings is 1. The van der Waals surface area contributed by atoms with Gasteiger partial charge >= 0.3 is 0 Å².